The molecule has 0 bridgehead atoms. The van der Waals surface area contributed by atoms with Gasteiger partial charge in [0.15, 0.2) is 0 Å². The highest BCUT2D eigenvalue weighted by Crippen LogP contribution is 2.34. The molecule has 1 fully saturated rings. The van der Waals surface area contributed by atoms with Crippen LogP contribution in [0, 0.1) is 0 Å². The zero-order valence-corrected chi connectivity index (χ0v) is 16.9. The van der Waals surface area contributed by atoms with E-state index in [4.69, 9.17) is 21.1 Å². The van der Waals surface area contributed by atoms with Gasteiger partial charge in [0, 0.05) is 11.6 Å². The summed E-state index contributed by atoms with van der Waals surface area (Å²) in [6, 6.07) is 17.1. The van der Waals surface area contributed by atoms with Gasteiger partial charge in [-0.15, -0.1) is 0 Å². The molecule has 4 rings (SSSR count). The quantitative estimate of drug-likeness (QED) is 0.525. The summed E-state index contributed by atoms with van der Waals surface area (Å²) in [5.74, 6) is -0.629. The fourth-order valence-electron chi connectivity index (χ4n) is 2.96. The Balaban J connectivity index is 1.54. The zero-order chi connectivity index (χ0) is 21.3. The first-order valence-corrected chi connectivity index (χ1v) is 10.0. The van der Waals surface area contributed by atoms with E-state index in [0.29, 0.717) is 17.1 Å². The molecule has 0 radical (unpaired) electrons. The predicted molar refractivity (Wildman–Crippen MR) is 114 cm³/mol. The molecule has 1 saturated heterocycles. The first kappa shape index (κ1) is 20.0. The Kier molecular flexibility index (Phi) is 5.48. The van der Waals surface area contributed by atoms with Gasteiger partial charge in [0.2, 0.25) is 0 Å². The number of carbonyl (C=O) groups is 3. The minimum Gasteiger partial charge on any atom is -0.478 e. The molecule has 1 aliphatic heterocycles. The number of nitrogens with zero attached hydrogens (tertiary/aromatic N) is 1. The molecule has 150 valence electrons. The van der Waals surface area contributed by atoms with E-state index in [-0.39, 0.29) is 33.2 Å². The molecule has 30 heavy (non-hydrogen) atoms. The molecule has 1 aliphatic rings. The SMILES string of the molecule is O=C(O)c1ccc(-c2ccc(/C=C3/SC(=O)N(Cc4ccccc4)C3=O)o2)cc1Cl. The van der Waals surface area contributed by atoms with Crippen molar-refractivity contribution in [1.82, 2.24) is 4.90 Å². The van der Waals surface area contributed by atoms with Crippen LogP contribution in [0.25, 0.3) is 17.4 Å². The number of aromatic carboxylic acids is 1. The van der Waals surface area contributed by atoms with Gasteiger partial charge in [0.05, 0.1) is 22.0 Å². The van der Waals surface area contributed by atoms with Crippen LogP contribution in [-0.2, 0) is 11.3 Å². The highest BCUT2D eigenvalue weighted by atomic mass is 35.5. The topological polar surface area (TPSA) is 87.8 Å². The number of carboxylic acids is 1. The molecular weight excluding hydrogens is 426 g/mol. The second-order valence-electron chi connectivity index (χ2n) is 6.46. The summed E-state index contributed by atoms with van der Waals surface area (Å²) >= 11 is 6.87. The van der Waals surface area contributed by atoms with Crippen LogP contribution >= 0.6 is 23.4 Å². The number of amides is 2. The number of furan rings is 1. The fourth-order valence-corrected chi connectivity index (χ4v) is 4.04. The molecule has 2 heterocycles. The van der Waals surface area contributed by atoms with Crippen LogP contribution in [0.15, 0.2) is 70.0 Å². The number of carbonyl (C=O) groups excluding carboxylic acids is 2. The normalized spacial score (nSPS) is 15.2. The van der Waals surface area contributed by atoms with Crippen LogP contribution in [0.2, 0.25) is 5.02 Å². The number of halogens is 1. The molecule has 1 N–H and O–H groups in total. The number of hydrogen-bond acceptors (Lipinski definition) is 5. The average Bonchev–Trinajstić information content (AvgIpc) is 3.29. The van der Waals surface area contributed by atoms with Gasteiger partial charge in [-0.25, -0.2) is 4.79 Å². The molecule has 0 saturated carbocycles. The Hall–Kier alpha value is -3.29. The number of hydrogen-bond donors (Lipinski definition) is 1. The molecule has 0 atom stereocenters. The number of rotatable bonds is 5. The average molecular weight is 440 g/mol. The summed E-state index contributed by atoms with van der Waals surface area (Å²) < 4.78 is 5.75. The lowest BCUT2D eigenvalue weighted by atomic mass is 10.1. The summed E-state index contributed by atoms with van der Waals surface area (Å²) in [5, 5.41) is 8.83. The zero-order valence-electron chi connectivity index (χ0n) is 15.4. The van der Waals surface area contributed by atoms with Crippen molar-refractivity contribution in [3.8, 4) is 11.3 Å². The van der Waals surface area contributed by atoms with Crippen LogP contribution < -0.4 is 0 Å². The van der Waals surface area contributed by atoms with Crippen molar-refractivity contribution in [2.24, 2.45) is 0 Å². The van der Waals surface area contributed by atoms with Crippen molar-refractivity contribution in [3.05, 3.63) is 87.5 Å². The Morgan fingerprint density at radius 2 is 1.87 bits per heavy atom. The molecule has 2 aromatic carbocycles. The van der Waals surface area contributed by atoms with Gasteiger partial charge in [-0.2, -0.15) is 0 Å². The molecule has 3 aromatic rings. The van der Waals surface area contributed by atoms with Gasteiger partial charge >= 0.3 is 5.97 Å². The molecule has 1 aromatic heterocycles. The lowest BCUT2D eigenvalue weighted by Gasteiger charge is -2.11. The van der Waals surface area contributed by atoms with E-state index >= 15 is 0 Å². The van der Waals surface area contributed by atoms with E-state index in [2.05, 4.69) is 0 Å². The summed E-state index contributed by atoms with van der Waals surface area (Å²) in [6.07, 6.45) is 1.52. The van der Waals surface area contributed by atoms with E-state index in [1.165, 1.54) is 23.1 Å². The third kappa shape index (κ3) is 4.03. The van der Waals surface area contributed by atoms with E-state index < -0.39 is 5.97 Å². The van der Waals surface area contributed by atoms with Crippen molar-refractivity contribution in [2.45, 2.75) is 6.54 Å². The van der Waals surface area contributed by atoms with Gasteiger partial charge in [-0.3, -0.25) is 14.5 Å². The van der Waals surface area contributed by atoms with Crippen LogP contribution in [0.3, 0.4) is 0 Å². The Bertz CT molecular complexity index is 1190. The summed E-state index contributed by atoms with van der Waals surface area (Å²) in [4.78, 5) is 37.5. The van der Waals surface area contributed by atoms with Gasteiger partial charge in [0.1, 0.15) is 11.5 Å². The van der Waals surface area contributed by atoms with Crippen LogP contribution in [-0.4, -0.2) is 27.1 Å². The summed E-state index contributed by atoms with van der Waals surface area (Å²) in [5.41, 5.74) is 1.46. The second kappa shape index (κ2) is 8.22. The summed E-state index contributed by atoms with van der Waals surface area (Å²) in [7, 11) is 0. The first-order chi connectivity index (χ1) is 14.4. The maximum atomic E-state index is 12.6. The van der Waals surface area contributed by atoms with Gasteiger partial charge < -0.3 is 9.52 Å². The van der Waals surface area contributed by atoms with E-state index in [0.717, 1.165) is 17.3 Å². The van der Waals surface area contributed by atoms with E-state index in [1.54, 1.807) is 18.2 Å². The Morgan fingerprint density at radius 1 is 1.10 bits per heavy atom. The number of carboxylic acid groups (broad SMARTS) is 1. The minimum atomic E-state index is -1.11. The number of benzene rings is 2. The van der Waals surface area contributed by atoms with Crippen LogP contribution in [0.1, 0.15) is 21.7 Å². The van der Waals surface area contributed by atoms with Crippen LogP contribution in [0.4, 0.5) is 4.79 Å². The molecule has 0 spiro atoms. The maximum absolute atomic E-state index is 12.6. The van der Waals surface area contributed by atoms with Gasteiger partial charge in [-0.05, 0) is 41.6 Å². The third-order valence-electron chi connectivity index (χ3n) is 4.44. The van der Waals surface area contributed by atoms with Crippen molar-refractivity contribution in [2.75, 3.05) is 0 Å². The second-order valence-corrected chi connectivity index (χ2v) is 7.86. The molecule has 8 heteroatoms. The lowest BCUT2D eigenvalue weighted by molar-refractivity contribution is -0.123. The molecule has 2 amide bonds. The summed E-state index contributed by atoms with van der Waals surface area (Å²) in [6.45, 7) is 0.209. The lowest BCUT2D eigenvalue weighted by Crippen LogP contribution is -2.27. The Labute approximate surface area is 180 Å². The van der Waals surface area contributed by atoms with Crippen molar-refractivity contribution in [1.29, 1.82) is 0 Å². The fraction of sp³-hybridized carbons (Fsp3) is 0.0455. The van der Waals surface area contributed by atoms with Crippen molar-refractivity contribution < 1.29 is 23.9 Å². The molecular formula is C22H14ClNO5S. The van der Waals surface area contributed by atoms with E-state index in [9.17, 15) is 14.4 Å². The first-order valence-electron chi connectivity index (χ1n) is 8.85. The molecule has 6 nitrogen and oxygen atoms in total. The standard InChI is InChI=1S/C22H14ClNO5S/c23-17-10-14(6-8-16(17)21(26)27)18-9-7-15(29-18)11-19-20(25)24(22(28)30-19)12-13-4-2-1-3-5-13/h1-11H,12H2,(H,26,27)/b19-11+. The van der Waals surface area contributed by atoms with E-state index in [1.807, 2.05) is 30.3 Å². The van der Waals surface area contributed by atoms with Crippen molar-refractivity contribution >= 4 is 46.6 Å². The molecule has 0 aliphatic carbocycles. The van der Waals surface area contributed by atoms with Crippen LogP contribution in [0.5, 0.6) is 0 Å². The minimum absolute atomic E-state index is 0.000661. The number of imide groups is 1. The predicted octanol–water partition coefficient (Wildman–Crippen LogP) is 5.53. The van der Waals surface area contributed by atoms with Gasteiger partial charge in [0.25, 0.3) is 11.1 Å². The maximum Gasteiger partial charge on any atom is 0.337 e. The molecule has 0 unspecified atom stereocenters. The highest BCUT2D eigenvalue weighted by molar-refractivity contribution is 8.18. The number of thioether (sulfide) groups is 1. The smallest absolute Gasteiger partial charge is 0.337 e. The van der Waals surface area contributed by atoms with Gasteiger partial charge in [-0.1, -0.05) is 48.0 Å². The highest BCUT2D eigenvalue weighted by Gasteiger charge is 2.35. The third-order valence-corrected chi connectivity index (χ3v) is 5.66. The largest absolute Gasteiger partial charge is 0.478 e. The van der Waals surface area contributed by atoms with Crippen molar-refractivity contribution in [3.63, 3.8) is 0 Å². The monoisotopic (exact) mass is 439 g/mol. The Morgan fingerprint density at radius 3 is 2.57 bits per heavy atom.